The third kappa shape index (κ3) is 5.27. The molecule has 0 fully saturated rings. The molecule has 0 amide bonds. The summed E-state index contributed by atoms with van der Waals surface area (Å²) in [4.78, 5) is 8.07. The van der Waals surface area contributed by atoms with Crippen molar-refractivity contribution in [2.24, 2.45) is 5.14 Å². The number of nitrogens with two attached hydrogens (primary N) is 1. The van der Waals surface area contributed by atoms with Crippen LogP contribution in [-0.4, -0.2) is 18.4 Å². The summed E-state index contributed by atoms with van der Waals surface area (Å²) >= 11 is 0. The molecule has 1 aromatic heterocycles. The topological polar surface area (TPSA) is 98.0 Å². The van der Waals surface area contributed by atoms with Crippen LogP contribution in [0.3, 0.4) is 0 Å². The number of nitrogens with zero attached hydrogens (tertiary/aromatic N) is 2. The molecule has 3 aromatic rings. The standard InChI is InChI=1S/C18H15F3N4O2S/c19-18(20,21)14-5-2-4-13(8-14)16-9-17(24-11-23-16)25-15-6-1-3-12(7-15)10-28(22,26)27/h1-9,11H,10H2,(H2,22,26,27)(H,23,24,25). The van der Waals surface area contributed by atoms with Crippen LogP contribution in [0.25, 0.3) is 11.3 Å². The number of halogens is 3. The van der Waals surface area contributed by atoms with Gasteiger partial charge in [0.1, 0.15) is 12.1 Å². The van der Waals surface area contributed by atoms with Gasteiger partial charge in [-0.15, -0.1) is 0 Å². The lowest BCUT2D eigenvalue weighted by molar-refractivity contribution is -0.137. The Morgan fingerprint density at radius 3 is 2.46 bits per heavy atom. The molecule has 0 radical (unpaired) electrons. The Labute approximate surface area is 159 Å². The van der Waals surface area contributed by atoms with Crippen LogP contribution in [0, 0.1) is 0 Å². The van der Waals surface area contributed by atoms with Gasteiger partial charge in [0.15, 0.2) is 0 Å². The molecule has 0 aliphatic heterocycles. The molecule has 0 aliphatic rings. The maximum atomic E-state index is 12.9. The van der Waals surface area contributed by atoms with Crippen LogP contribution < -0.4 is 10.5 Å². The maximum Gasteiger partial charge on any atom is 0.416 e. The van der Waals surface area contributed by atoms with Crippen molar-refractivity contribution < 1.29 is 21.6 Å². The van der Waals surface area contributed by atoms with E-state index in [1.807, 2.05) is 0 Å². The highest BCUT2D eigenvalue weighted by Crippen LogP contribution is 2.32. The van der Waals surface area contributed by atoms with Crippen molar-refractivity contribution >= 4 is 21.5 Å². The summed E-state index contributed by atoms with van der Waals surface area (Å²) in [6.07, 6.45) is -3.22. The number of aromatic nitrogens is 2. The number of primary sulfonamides is 1. The largest absolute Gasteiger partial charge is 0.416 e. The van der Waals surface area contributed by atoms with E-state index in [0.29, 0.717) is 28.3 Å². The molecule has 28 heavy (non-hydrogen) atoms. The number of hydrogen-bond acceptors (Lipinski definition) is 5. The summed E-state index contributed by atoms with van der Waals surface area (Å²) in [6, 6.07) is 12.9. The van der Waals surface area contributed by atoms with E-state index in [1.165, 1.54) is 24.5 Å². The second-order valence-electron chi connectivity index (χ2n) is 6.00. The molecule has 0 saturated carbocycles. The lowest BCUT2D eigenvalue weighted by Gasteiger charge is -2.10. The van der Waals surface area contributed by atoms with E-state index in [-0.39, 0.29) is 5.75 Å². The highest BCUT2D eigenvalue weighted by Gasteiger charge is 2.30. The number of nitrogens with one attached hydrogen (secondary N) is 1. The minimum absolute atomic E-state index is 0.295. The number of sulfonamides is 1. The molecule has 0 spiro atoms. The summed E-state index contributed by atoms with van der Waals surface area (Å²) in [6.45, 7) is 0. The van der Waals surface area contributed by atoms with Crippen LogP contribution in [0.1, 0.15) is 11.1 Å². The quantitative estimate of drug-likeness (QED) is 0.671. The number of rotatable bonds is 5. The SMILES string of the molecule is NS(=O)(=O)Cc1cccc(Nc2cc(-c3cccc(C(F)(F)F)c3)ncn2)c1. The lowest BCUT2D eigenvalue weighted by Crippen LogP contribution is -2.14. The Hall–Kier alpha value is -2.98. The third-order valence-corrected chi connectivity index (χ3v) is 4.46. The van der Waals surface area contributed by atoms with Crippen LogP contribution in [-0.2, 0) is 22.0 Å². The lowest BCUT2D eigenvalue weighted by atomic mass is 10.1. The Morgan fingerprint density at radius 2 is 1.75 bits per heavy atom. The van der Waals surface area contributed by atoms with Gasteiger partial charge < -0.3 is 5.32 Å². The molecule has 2 aromatic carbocycles. The van der Waals surface area contributed by atoms with E-state index >= 15 is 0 Å². The molecule has 0 aliphatic carbocycles. The molecule has 1 heterocycles. The fourth-order valence-corrected chi connectivity index (χ4v) is 3.20. The molecular formula is C18H15F3N4O2S. The van der Waals surface area contributed by atoms with Crippen LogP contribution in [0.5, 0.6) is 0 Å². The molecule has 0 saturated heterocycles. The van der Waals surface area contributed by atoms with Gasteiger partial charge in [0.05, 0.1) is 17.0 Å². The van der Waals surface area contributed by atoms with Crippen molar-refractivity contribution in [3.8, 4) is 11.3 Å². The zero-order valence-corrected chi connectivity index (χ0v) is 15.1. The first-order chi connectivity index (χ1) is 13.1. The average molecular weight is 408 g/mol. The van der Waals surface area contributed by atoms with Crippen molar-refractivity contribution in [3.63, 3.8) is 0 Å². The highest BCUT2D eigenvalue weighted by atomic mass is 32.2. The van der Waals surface area contributed by atoms with Crippen LogP contribution in [0.4, 0.5) is 24.7 Å². The van der Waals surface area contributed by atoms with E-state index in [2.05, 4.69) is 15.3 Å². The molecule has 10 heteroatoms. The van der Waals surface area contributed by atoms with E-state index in [4.69, 9.17) is 5.14 Å². The first-order valence-corrected chi connectivity index (χ1v) is 9.68. The van der Waals surface area contributed by atoms with E-state index in [1.54, 1.807) is 24.3 Å². The second kappa shape index (κ2) is 7.56. The molecule has 6 nitrogen and oxygen atoms in total. The zero-order valence-electron chi connectivity index (χ0n) is 14.3. The number of alkyl halides is 3. The van der Waals surface area contributed by atoms with Gasteiger partial charge in [-0.3, -0.25) is 0 Å². The third-order valence-electron chi connectivity index (χ3n) is 3.72. The van der Waals surface area contributed by atoms with Gasteiger partial charge in [0.2, 0.25) is 10.0 Å². The summed E-state index contributed by atoms with van der Waals surface area (Å²) in [5.74, 6) is 0.0251. The normalized spacial score (nSPS) is 12.0. The van der Waals surface area contributed by atoms with Gasteiger partial charge in [0.25, 0.3) is 0 Å². The van der Waals surface area contributed by atoms with Crippen molar-refractivity contribution in [1.29, 1.82) is 0 Å². The summed E-state index contributed by atoms with van der Waals surface area (Å²) in [5, 5.41) is 8.02. The van der Waals surface area contributed by atoms with Crippen molar-refractivity contribution in [1.82, 2.24) is 9.97 Å². The molecular weight excluding hydrogens is 393 g/mol. The monoisotopic (exact) mass is 408 g/mol. The number of hydrogen-bond donors (Lipinski definition) is 2. The first-order valence-electron chi connectivity index (χ1n) is 7.96. The summed E-state index contributed by atoms with van der Waals surface area (Å²) in [7, 11) is -3.67. The van der Waals surface area contributed by atoms with Gasteiger partial charge in [0, 0.05) is 17.3 Å². The molecule has 0 bridgehead atoms. The first kappa shape index (κ1) is 19.8. The van der Waals surface area contributed by atoms with Crippen LogP contribution >= 0.6 is 0 Å². The molecule has 146 valence electrons. The average Bonchev–Trinajstić information content (AvgIpc) is 2.60. The van der Waals surface area contributed by atoms with E-state index < -0.39 is 21.8 Å². The van der Waals surface area contributed by atoms with Crippen molar-refractivity contribution in [3.05, 3.63) is 72.1 Å². The van der Waals surface area contributed by atoms with Gasteiger partial charge in [-0.1, -0.05) is 24.3 Å². The molecule has 0 atom stereocenters. The van der Waals surface area contributed by atoms with Gasteiger partial charge in [-0.05, 0) is 29.8 Å². The minimum Gasteiger partial charge on any atom is -0.340 e. The van der Waals surface area contributed by atoms with Gasteiger partial charge in [-0.25, -0.2) is 23.5 Å². The predicted molar refractivity (Wildman–Crippen MR) is 99.0 cm³/mol. The fraction of sp³-hybridized carbons (Fsp3) is 0.111. The van der Waals surface area contributed by atoms with Crippen molar-refractivity contribution in [2.45, 2.75) is 11.9 Å². The minimum atomic E-state index is -4.45. The van der Waals surface area contributed by atoms with Crippen LogP contribution in [0.15, 0.2) is 60.9 Å². The summed E-state index contributed by atoms with van der Waals surface area (Å²) in [5.41, 5.74) is 0.871. The summed E-state index contributed by atoms with van der Waals surface area (Å²) < 4.78 is 61.2. The molecule has 0 unspecified atom stereocenters. The number of anilines is 2. The number of benzene rings is 2. The Balaban J connectivity index is 1.86. The Bertz CT molecular complexity index is 1100. The Morgan fingerprint density at radius 1 is 1.00 bits per heavy atom. The second-order valence-corrected chi connectivity index (χ2v) is 7.61. The zero-order chi connectivity index (χ0) is 20.4. The maximum absolute atomic E-state index is 12.9. The van der Waals surface area contributed by atoms with Crippen molar-refractivity contribution in [2.75, 3.05) is 5.32 Å². The van der Waals surface area contributed by atoms with Gasteiger partial charge >= 0.3 is 6.18 Å². The van der Waals surface area contributed by atoms with E-state index in [0.717, 1.165) is 12.1 Å². The predicted octanol–water partition coefficient (Wildman–Crippen LogP) is 3.69. The Kier molecular flexibility index (Phi) is 5.34. The molecule has 3 rings (SSSR count). The van der Waals surface area contributed by atoms with E-state index in [9.17, 15) is 21.6 Å². The fourth-order valence-electron chi connectivity index (χ4n) is 2.56. The molecule has 3 N–H and O–H groups in total. The smallest absolute Gasteiger partial charge is 0.340 e. The van der Waals surface area contributed by atoms with Crippen LogP contribution in [0.2, 0.25) is 0 Å². The van der Waals surface area contributed by atoms with Gasteiger partial charge in [-0.2, -0.15) is 13.2 Å². The highest BCUT2D eigenvalue weighted by molar-refractivity contribution is 7.88.